The number of nitrogens with zero attached hydrogens (tertiary/aromatic N) is 1. The average molecular weight is 245 g/mol. The van der Waals surface area contributed by atoms with Crippen LogP contribution in [-0.4, -0.2) is 23.8 Å². The molecule has 94 valence electrons. The molecule has 18 heavy (non-hydrogen) atoms. The summed E-state index contributed by atoms with van der Waals surface area (Å²) in [6, 6.07) is 8.42. The molecule has 0 spiro atoms. The second kappa shape index (κ2) is 5.52. The number of aliphatic hydroxyl groups excluding tert-OH is 1. The van der Waals surface area contributed by atoms with Gasteiger partial charge in [-0.05, 0) is 43.0 Å². The normalized spacial score (nSPS) is 21.6. The molecule has 2 amide bonds. The second-order valence-electron chi connectivity index (χ2n) is 4.52. The SMILES string of the molecule is N#Cc1ccc(NC(=O)NCC2CC(O)C2)cc1. The summed E-state index contributed by atoms with van der Waals surface area (Å²) in [6.07, 6.45) is 1.33. The monoisotopic (exact) mass is 245 g/mol. The molecule has 5 nitrogen and oxygen atoms in total. The first kappa shape index (κ1) is 12.4. The van der Waals surface area contributed by atoms with Gasteiger partial charge in [0.2, 0.25) is 0 Å². The van der Waals surface area contributed by atoms with Gasteiger partial charge in [0.15, 0.2) is 0 Å². The number of rotatable bonds is 3. The molecule has 1 aliphatic rings. The number of hydrogen-bond donors (Lipinski definition) is 3. The van der Waals surface area contributed by atoms with E-state index >= 15 is 0 Å². The molecule has 0 bridgehead atoms. The minimum atomic E-state index is -0.263. The van der Waals surface area contributed by atoms with Crippen molar-refractivity contribution in [2.75, 3.05) is 11.9 Å². The lowest BCUT2D eigenvalue weighted by Crippen LogP contribution is -2.39. The van der Waals surface area contributed by atoms with Crippen LogP contribution in [0, 0.1) is 17.2 Å². The van der Waals surface area contributed by atoms with E-state index in [-0.39, 0.29) is 12.1 Å². The number of urea groups is 1. The molecule has 1 saturated carbocycles. The average Bonchev–Trinajstić information content (AvgIpc) is 2.34. The lowest BCUT2D eigenvalue weighted by Gasteiger charge is -2.31. The Bertz CT molecular complexity index is 458. The van der Waals surface area contributed by atoms with Crippen LogP contribution in [0.1, 0.15) is 18.4 Å². The number of carbonyl (C=O) groups excluding carboxylic acids is 1. The Labute approximate surface area is 105 Å². The summed E-state index contributed by atoms with van der Waals surface area (Å²) in [5, 5.41) is 23.2. The fourth-order valence-electron chi connectivity index (χ4n) is 1.91. The maximum atomic E-state index is 11.5. The fraction of sp³-hybridized carbons (Fsp3) is 0.385. The molecule has 0 aromatic heterocycles. The number of nitrogens with one attached hydrogen (secondary N) is 2. The number of carbonyl (C=O) groups is 1. The minimum absolute atomic E-state index is 0.196. The molecular weight excluding hydrogens is 230 g/mol. The van der Waals surface area contributed by atoms with Gasteiger partial charge in [-0.2, -0.15) is 5.26 Å². The first-order valence-electron chi connectivity index (χ1n) is 5.90. The molecular formula is C13H15N3O2. The van der Waals surface area contributed by atoms with Crippen molar-refractivity contribution in [3.63, 3.8) is 0 Å². The van der Waals surface area contributed by atoms with E-state index in [0.29, 0.717) is 23.7 Å². The zero-order valence-electron chi connectivity index (χ0n) is 9.89. The number of benzene rings is 1. The van der Waals surface area contributed by atoms with Crippen LogP contribution in [0.5, 0.6) is 0 Å². The van der Waals surface area contributed by atoms with Gasteiger partial charge in [-0.3, -0.25) is 0 Å². The molecule has 0 atom stereocenters. The van der Waals surface area contributed by atoms with Gasteiger partial charge in [0.25, 0.3) is 0 Å². The van der Waals surface area contributed by atoms with E-state index < -0.39 is 0 Å². The Kier molecular flexibility index (Phi) is 3.80. The Balaban J connectivity index is 1.74. The van der Waals surface area contributed by atoms with Gasteiger partial charge in [0, 0.05) is 12.2 Å². The second-order valence-corrected chi connectivity index (χ2v) is 4.52. The van der Waals surface area contributed by atoms with E-state index in [2.05, 4.69) is 10.6 Å². The Morgan fingerprint density at radius 2 is 2.06 bits per heavy atom. The first-order chi connectivity index (χ1) is 8.67. The van der Waals surface area contributed by atoms with Crippen LogP contribution in [0.3, 0.4) is 0 Å². The van der Waals surface area contributed by atoms with E-state index in [9.17, 15) is 4.79 Å². The predicted octanol–water partition coefficient (Wildman–Crippen LogP) is 1.45. The van der Waals surface area contributed by atoms with Crippen LogP contribution < -0.4 is 10.6 Å². The van der Waals surface area contributed by atoms with Crippen LogP contribution in [-0.2, 0) is 0 Å². The van der Waals surface area contributed by atoms with Crippen LogP contribution in [0.15, 0.2) is 24.3 Å². The minimum Gasteiger partial charge on any atom is -0.393 e. The third kappa shape index (κ3) is 3.22. The smallest absolute Gasteiger partial charge is 0.319 e. The molecule has 0 radical (unpaired) electrons. The first-order valence-corrected chi connectivity index (χ1v) is 5.90. The molecule has 0 aliphatic heterocycles. The van der Waals surface area contributed by atoms with Crippen molar-refractivity contribution in [3.05, 3.63) is 29.8 Å². The summed E-state index contributed by atoms with van der Waals surface area (Å²) in [6.45, 7) is 0.583. The lowest BCUT2D eigenvalue weighted by atomic mass is 9.82. The van der Waals surface area contributed by atoms with E-state index in [1.807, 2.05) is 6.07 Å². The van der Waals surface area contributed by atoms with Crippen LogP contribution in [0.4, 0.5) is 10.5 Å². The molecule has 5 heteroatoms. The molecule has 3 N–H and O–H groups in total. The van der Waals surface area contributed by atoms with Gasteiger partial charge in [-0.1, -0.05) is 0 Å². The summed E-state index contributed by atoms with van der Waals surface area (Å²) in [5.41, 5.74) is 1.21. The Morgan fingerprint density at radius 3 is 2.61 bits per heavy atom. The van der Waals surface area contributed by atoms with Crippen molar-refractivity contribution in [3.8, 4) is 6.07 Å². The Hall–Kier alpha value is -2.06. The summed E-state index contributed by atoms with van der Waals surface area (Å²) in [5.74, 6) is 0.381. The predicted molar refractivity (Wildman–Crippen MR) is 66.9 cm³/mol. The molecule has 1 aliphatic carbocycles. The summed E-state index contributed by atoms with van der Waals surface area (Å²) in [7, 11) is 0. The molecule has 1 fully saturated rings. The number of aliphatic hydroxyl groups is 1. The number of hydrogen-bond acceptors (Lipinski definition) is 3. The summed E-state index contributed by atoms with van der Waals surface area (Å²) in [4.78, 5) is 11.5. The number of nitriles is 1. The van der Waals surface area contributed by atoms with E-state index in [0.717, 1.165) is 12.8 Å². The van der Waals surface area contributed by atoms with Crippen LogP contribution >= 0.6 is 0 Å². The van der Waals surface area contributed by atoms with Gasteiger partial charge < -0.3 is 15.7 Å². The number of anilines is 1. The maximum Gasteiger partial charge on any atom is 0.319 e. The van der Waals surface area contributed by atoms with Crippen molar-refractivity contribution in [1.82, 2.24) is 5.32 Å². The Morgan fingerprint density at radius 1 is 1.39 bits per heavy atom. The molecule has 2 rings (SSSR count). The molecule has 0 heterocycles. The van der Waals surface area contributed by atoms with E-state index in [1.165, 1.54) is 0 Å². The molecule has 1 aromatic carbocycles. The van der Waals surface area contributed by atoms with E-state index in [1.54, 1.807) is 24.3 Å². The summed E-state index contributed by atoms with van der Waals surface area (Å²) < 4.78 is 0. The van der Waals surface area contributed by atoms with Crippen molar-refractivity contribution in [1.29, 1.82) is 5.26 Å². The number of amides is 2. The zero-order chi connectivity index (χ0) is 13.0. The van der Waals surface area contributed by atoms with Crippen LogP contribution in [0.2, 0.25) is 0 Å². The van der Waals surface area contributed by atoms with Gasteiger partial charge in [-0.15, -0.1) is 0 Å². The fourth-order valence-corrected chi connectivity index (χ4v) is 1.91. The summed E-state index contributed by atoms with van der Waals surface area (Å²) >= 11 is 0. The zero-order valence-corrected chi connectivity index (χ0v) is 9.89. The molecule has 0 saturated heterocycles. The maximum absolute atomic E-state index is 11.5. The van der Waals surface area contributed by atoms with Gasteiger partial charge in [0.05, 0.1) is 17.7 Å². The van der Waals surface area contributed by atoms with Gasteiger partial charge in [-0.25, -0.2) is 4.79 Å². The van der Waals surface area contributed by atoms with Crippen molar-refractivity contribution >= 4 is 11.7 Å². The standard InChI is InChI=1S/C13H15N3O2/c14-7-9-1-3-11(4-2-9)16-13(18)15-8-10-5-12(17)6-10/h1-4,10,12,17H,5-6,8H2,(H2,15,16,18). The highest BCUT2D eigenvalue weighted by Gasteiger charge is 2.27. The van der Waals surface area contributed by atoms with Crippen LogP contribution in [0.25, 0.3) is 0 Å². The highest BCUT2D eigenvalue weighted by molar-refractivity contribution is 5.89. The van der Waals surface area contributed by atoms with Crippen molar-refractivity contribution in [2.45, 2.75) is 18.9 Å². The van der Waals surface area contributed by atoms with Crippen molar-refractivity contribution < 1.29 is 9.90 Å². The molecule has 1 aromatic rings. The topological polar surface area (TPSA) is 85.2 Å². The molecule has 0 unspecified atom stereocenters. The quantitative estimate of drug-likeness (QED) is 0.753. The largest absolute Gasteiger partial charge is 0.393 e. The third-order valence-corrected chi connectivity index (χ3v) is 3.03. The highest BCUT2D eigenvalue weighted by atomic mass is 16.3. The van der Waals surface area contributed by atoms with Crippen molar-refractivity contribution in [2.24, 2.45) is 5.92 Å². The van der Waals surface area contributed by atoms with Gasteiger partial charge >= 0.3 is 6.03 Å². The highest BCUT2D eigenvalue weighted by Crippen LogP contribution is 2.26. The van der Waals surface area contributed by atoms with Gasteiger partial charge in [0.1, 0.15) is 0 Å². The lowest BCUT2D eigenvalue weighted by molar-refractivity contribution is 0.0443. The third-order valence-electron chi connectivity index (χ3n) is 3.03. The van der Waals surface area contributed by atoms with E-state index in [4.69, 9.17) is 10.4 Å².